The summed E-state index contributed by atoms with van der Waals surface area (Å²) in [6.07, 6.45) is 0. The molecule has 0 amide bonds. The minimum atomic E-state index is 0. The Hall–Kier alpha value is 0.360. The van der Waals surface area contributed by atoms with Crippen molar-refractivity contribution in [1.82, 2.24) is 0 Å². The summed E-state index contributed by atoms with van der Waals surface area (Å²) in [6, 6.07) is 9.72. The van der Waals surface area contributed by atoms with Crippen molar-refractivity contribution >= 4 is 56.0 Å². The largest absolute Gasteiger partial charge is 0.197 e. The van der Waals surface area contributed by atoms with Crippen molar-refractivity contribution in [2.45, 2.75) is 0 Å². The first-order chi connectivity index (χ1) is 4.30. The van der Waals surface area contributed by atoms with Crippen molar-refractivity contribution in [3.63, 3.8) is 0 Å². The predicted molar refractivity (Wildman–Crippen MR) is 67.9 cm³/mol. The van der Waals surface area contributed by atoms with Gasteiger partial charge in [0, 0.05) is 0 Å². The fourth-order valence-corrected chi connectivity index (χ4v) is 0.866. The normalized spacial score (nSPS) is 7.36. The molecule has 0 N–H and O–H groups in total. The maximum atomic E-state index is 4.83. The van der Waals surface area contributed by atoms with Crippen molar-refractivity contribution < 1.29 is 0 Å². The molecule has 0 heterocycles. The van der Waals surface area contributed by atoms with E-state index in [1.165, 1.54) is 0 Å². The molecule has 0 aliphatic heterocycles. The molecule has 0 spiro atoms. The summed E-state index contributed by atoms with van der Waals surface area (Å²) in [5.41, 5.74) is 1.01. The molecule has 0 atom stereocenters. The molecule has 11 heavy (non-hydrogen) atoms. The van der Waals surface area contributed by atoms with Crippen LogP contribution in [0.5, 0.6) is 0 Å². The van der Waals surface area contributed by atoms with Gasteiger partial charge in [-0.1, -0.05) is 42.5 Å². The Bertz CT molecular complexity index is 207. The molecular formula is C7H10S4. The average molecular weight is 222 g/mol. The second-order valence-corrected chi connectivity index (χ2v) is 2.83. The van der Waals surface area contributed by atoms with Crippen LogP contribution in [-0.4, -0.2) is 4.20 Å². The minimum Gasteiger partial charge on any atom is -0.197 e. The first-order valence-electron chi connectivity index (χ1n) is 2.59. The second-order valence-electron chi connectivity index (χ2n) is 1.67. The third-order valence-corrected chi connectivity index (χ3v) is 1.51. The zero-order valence-corrected chi connectivity index (χ0v) is 9.45. The van der Waals surface area contributed by atoms with Crippen molar-refractivity contribution in [3.05, 3.63) is 35.9 Å². The highest BCUT2D eigenvalue weighted by atomic mass is 32.1. The fourth-order valence-electron chi connectivity index (χ4n) is 0.581. The number of hydrogen-bond acceptors (Lipinski definition) is 1. The molecule has 1 aromatic carbocycles. The standard InChI is InChI=1S/C7H6S2.2H2S/c8-7(9)6-4-2-1-3-5-6;;/h1-5H,(H,8,9);2*1H2. The Balaban J connectivity index is 0. The molecule has 0 aliphatic rings. The van der Waals surface area contributed by atoms with Crippen LogP contribution in [0.25, 0.3) is 0 Å². The summed E-state index contributed by atoms with van der Waals surface area (Å²) in [4.78, 5) is 0. The van der Waals surface area contributed by atoms with Gasteiger partial charge in [-0.2, -0.15) is 27.0 Å². The summed E-state index contributed by atoms with van der Waals surface area (Å²) in [5.74, 6) is 0. The third-order valence-electron chi connectivity index (χ3n) is 1.02. The van der Waals surface area contributed by atoms with Crippen molar-refractivity contribution in [1.29, 1.82) is 0 Å². The lowest BCUT2D eigenvalue weighted by atomic mass is 10.2. The van der Waals surface area contributed by atoms with Crippen LogP contribution in [0.15, 0.2) is 30.3 Å². The molecule has 0 unspecified atom stereocenters. The maximum absolute atomic E-state index is 4.83. The van der Waals surface area contributed by atoms with Gasteiger partial charge in [-0.05, 0) is 5.56 Å². The molecule has 0 saturated heterocycles. The van der Waals surface area contributed by atoms with Crippen LogP contribution >= 0.6 is 51.8 Å². The lowest BCUT2D eigenvalue weighted by Gasteiger charge is -1.91. The third kappa shape index (κ3) is 4.74. The fraction of sp³-hybridized carbons (Fsp3) is 0. The Morgan fingerprint density at radius 1 is 1.09 bits per heavy atom. The first kappa shape index (κ1) is 13.9. The number of hydrogen-bond donors (Lipinski definition) is 1. The summed E-state index contributed by atoms with van der Waals surface area (Å²) < 4.78 is 0.649. The Morgan fingerprint density at radius 2 is 1.55 bits per heavy atom. The van der Waals surface area contributed by atoms with Crippen molar-refractivity contribution in [3.8, 4) is 0 Å². The number of thiocarbonyl (C=S) groups is 1. The molecule has 1 rings (SSSR count). The highest BCUT2D eigenvalue weighted by molar-refractivity contribution is 8.11. The highest BCUT2D eigenvalue weighted by Gasteiger charge is 1.89. The molecule has 62 valence electrons. The van der Waals surface area contributed by atoms with Gasteiger partial charge in [0.2, 0.25) is 0 Å². The van der Waals surface area contributed by atoms with E-state index < -0.39 is 0 Å². The average Bonchev–Trinajstić information content (AvgIpc) is 1.90. The lowest BCUT2D eigenvalue weighted by Crippen LogP contribution is -1.83. The molecule has 0 nitrogen and oxygen atoms in total. The van der Waals surface area contributed by atoms with Gasteiger partial charge in [0.25, 0.3) is 0 Å². The minimum absolute atomic E-state index is 0. The number of thiol groups is 1. The van der Waals surface area contributed by atoms with Gasteiger partial charge >= 0.3 is 0 Å². The smallest absolute Gasteiger partial charge is 0.0747 e. The molecule has 4 heteroatoms. The van der Waals surface area contributed by atoms with Gasteiger partial charge < -0.3 is 0 Å². The first-order valence-corrected chi connectivity index (χ1v) is 3.44. The number of rotatable bonds is 1. The predicted octanol–water partition coefficient (Wildman–Crippen LogP) is 2.52. The van der Waals surface area contributed by atoms with Crippen LogP contribution in [0.1, 0.15) is 5.56 Å². The SMILES string of the molecule is S.S.S=C(S)c1ccccc1. The summed E-state index contributed by atoms with van der Waals surface area (Å²) in [7, 11) is 0. The van der Waals surface area contributed by atoms with Crippen molar-refractivity contribution in [2.24, 2.45) is 0 Å². The van der Waals surface area contributed by atoms with Crippen LogP contribution < -0.4 is 0 Å². The molecule has 0 radical (unpaired) electrons. The number of benzene rings is 1. The van der Waals surface area contributed by atoms with Gasteiger partial charge in [0.15, 0.2) is 0 Å². The van der Waals surface area contributed by atoms with Gasteiger partial charge in [-0.25, -0.2) is 0 Å². The molecule has 0 saturated carbocycles. The Labute approximate surface area is 91.7 Å². The monoisotopic (exact) mass is 222 g/mol. The molecule has 0 aliphatic carbocycles. The van der Waals surface area contributed by atoms with E-state index in [2.05, 4.69) is 12.6 Å². The lowest BCUT2D eigenvalue weighted by molar-refractivity contribution is 1.69. The molecule has 0 bridgehead atoms. The molecule has 0 fully saturated rings. The molecule has 0 aromatic heterocycles. The summed E-state index contributed by atoms with van der Waals surface area (Å²) in [6.45, 7) is 0. The van der Waals surface area contributed by atoms with E-state index in [1.807, 2.05) is 30.3 Å². The van der Waals surface area contributed by atoms with E-state index in [0.717, 1.165) is 5.56 Å². The van der Waals surface area contributed by atoms with E-state index in [-0.39, 0.29) is 27.0 Å². The topological polar surface area (TPSA) is 0 Å². The quantitative estimate of drug-likeness (QED) is 0.563. The van der Waals surface area contributed by atoms with Crippen LogP contribution in [-0.2, 0) is 0 Å². The van der Waals surface area contributed by atoms with E-state index in [9.17, 15) is 0 Å². The van der Waals surface area contributed by atoms with Crippen LogP contribution in [0.2, 0.25) is 0 Å². The van der Waals surface area contributed by atoms with Gasteiger partial charge in [0.1, 0.15) is 0 Å². The Kier molecular flexibility index (Phi) is 8.90. The van der Waals surface area contributed by atoms with Crippen LogP contribution in [0.4, 0.5) is 0 Å². The Morgan fingerprint density at radius 3 is 1.82 bits per heavy atom. The second kappa shape index (κ2) is 7.03. The highest BCUT2D eigenvalue weighted by Crippen LogP contribution is 2.02. The molecule has 1 aromatic rings. The van der Waals surface area contributed by atoms with E-state index in [0.29, 0.717) is 4.20 Å². The maximum Gasteiger partial charge on any atom is 0.0747 e. The van der Waals surface area contributed by atoms with Crippen LogP contribution in [0.3, 0.4) is 0 Å². The van der Waals surface area contributed by atoms with E-state index in [1.54, 1.807) is 0 Å². The zero-order valence-electron chi connectivity index (χ0n) is 5.74. The zero-order chi connectivity index (χ0) is 6.69. The van der Waals surface area contributed by atoms with Gasteiger partial charge in [0.05, 0.1) is 4.20 Å². The summed E-state index contributed by atoms with van der Waals surface area (Å²) in [5, 5.41) is 0. The summed E-state index contributed by atoms with van der Waals surface area (Å²) >= 11 is 8.85. The molecular weight excluding hydrogens is 212 g/mol. The van der Waals surface area contributed by atoms with Crippen molar-refractivity contribution in [2.75, 3.05) is 0 Å². The van der Waals surface area contributed by atoms with Gasteiger partial charge in [-0.3, -0.25) is 0 Å². The van der Waals surface area contributed by atoms with Gasteiger partial charge in [-0.15, -0.1) is 12.6 Å². The van der Waals surface area contributed by atoms with E-state index >= 15 is 0 Å². The van der Waals surface area contributed by atoms with E-state index in [4.69, 9.17) is 12.2 Å². The van der Waals surface area contributed by atoms with Crippen LogP contribution in [0, 0.1) is 0 Å².